The molecule has 2 unspecified atom stereocenters. The predicted molar refractivity (Wildman–Crippen MR) is 73.0 cm³/mol. The number of carbonyl (C=O) groups is 1. The number of nitrogens with one attached hydrogen (secondary N) is 1. The highest BCUT2D eigenvalue weighted by Gasteiger charge is 2.43. The van der Waals surface area contributed by atoms with Crippen molar-refractivity contribution in [2.75, 3.05) is 26.2 Å². The highest BCUT2D eigenvalue weighted by molar-refractivity contribution is 5.68. The number of aliphatic hydroxyl groups excluding tert-OH is 1. The number of ether oxygens (including phenoxy) is 1. The largest absolute Gasteiger partial charge is 0.444 e. The normalized spacial score (nSPS) is 32.4. The molecular weight excluding hydrogens is 244 g/mol. The van der Waals surface area contributed by atoms with Crippen LogP contribution in [0.3, 0.4) is 0 Å². The zero-order valence-corrected chi connectivity index (χ0v) is 12.2. The molecule has 2 heterocycles. The van der Waals surface area contributed by atoms with E-state index in [2.05, 4.69) is 5.32 Å². The minimum Gasteiger partial charge on any atom is -0.444 e. The third-order valence-electron chi connectivity index (χ3n) is 3.91. The number of amides is 1. The third-order valence-corrected chi connectivity index (χ3v) is 3.91. The number of hydrogen-bond acceptors (Lipinski definition) is 4. The fourth-order valence-electron chi connectivity index (χ4n) is 3.02. The summed E-state index contributed by atoms with van der Waals surface area (Å²) in [5, 5.41) is 13.3. The smallest absolute Gasteiger partial charge is 0.410 e. The van der Waals surface area contributed by atoms with Crippen molar-refractivity contribution in [1.29, 1.82) is 0 Å². The topological polar surface area (TPSA) is 61.8 Å². The van der Waals surface area contributed by atoms with Gasteiger partial charge in [0.2, 0.25) is 0 Å². The molecule has 2 fully saturated rings. The number of rotatable bonds is 0. The quantitative estimate of drug-likeness (QED) is 0.697. The molecular formula is C14H26N2O3. The summed E-state index contributed by atoms with van der Waals surface area (Å²) in [4.78, 5) is 13.9. The fourth-order valence-corrected chi connectivity index (χ4v) is 3.02. The molecule has 2 aliphatic rings. The Hall–Kier alpha value is -0.810. The van der Waals surface area contributed by atoms with Gasteiger partial charge in [-0.15, -0.1) is 0 Å². The molecule has 0 aromatic rings. The van der Waals surface area contributed by atoms with Crippen LogP contribution in [0.2, 0.25) is 0 Å². The lowest BCUT2D eigenvalue weighted by molar-refractivity contribution is 0.0257. The van der Waals surface area contributed by atoms with Crippen LogP contribution in [-0.4, -0.2) is 54.0 Å². The summed E-state index contributed by atoms with van der Waals surface area (Å²) in [5.74, 6) is 0. The zero-order valence-electron chi connectivity index (χ0n) is 12.2. The van der Waals surface area contributed by atoms with Crippen LogP contribution >= 0.6 is 0 Å². The van der Waals surface area contributed by atoms with Gasteiger partial charge in [0.1, 0.15) is 5.60 Å². The zero-order chi connectivity index (χ0) is 14.1. The average Bonchev–Trinajstić information content (AvgIpc) is 2.57. The Kier molecular flexibility index (Phi) is 4.06. The van der Waals surface area contributed by atoms with Gasteiger partial charge in [-0.1, -0.05) is 0 Å². The second-order valence-corrected chi connectivity index (χ2v) is 6.98. The second-order valence-electron chi connectivity index (χ2n) is 6.98. The van der Waals surface area contributed by atoms with E-state index in [0.717, 1.165) is 38.9 Å². The lowest BCUT2D eigenvalue weighted by atomic mass is 9.82. The highest BCUT2D eigenvalue weighted by atomic mass is 16.6. The molecule has 5 nitrogen and oxygen atoms in total. The minimum atomic E-state index is -0.450. The summed E-state index contributed by atoms with van der Waals surface area (Å²) in [6, 6.07) is 0. The van der Waals surface area contributed by atoms with E-state index in [4.69, 9.17) is 4.74 Å². The Morgan fingerprint density at radius 1 is 1.47 bits per heavy atom. The van der Waals surface area contributed by atoms with E-state index >= 15 is 0 Å². The van der Waals surface area contributed by atoms with Crippen LogP contribution in [0.4, 0.5) is 4.79 Å². The van der Waals surface area contributed by atoms with Crippen molar-refractivity contribution in [3.63, 3.8) is 0 Å². The molecule has 2 aliphatic heterocycles. The van der Waals surface area contributed by atoms with Gasteiger partial charge in [0, 0.05) is 25.0 Å². The van der Waals surface area contributed by atoms with Gasteiger partial charge in [-0.3, -0.25) is 0 Å². The van der Waals surface area contributed by atoms with Crippen molar-refractivity contribution in [3.8, 4) is 0 Å². The molecule has 2 saturated heterocycles. The number of likely N-dealkylation sites (tertiary alicyclic amines) is 1. The molecule has 0 aromatic heterocycles. The first kappa shape index (κ1) is 14.6. The molecule has 1 spiro atoms. The van der Waals surface area contributed by atoms with Crippen LogP contribution in [0.1, 0.15) is 40.0 Å². The maximum absolute atomic E-state index is 12.1. The summed E-state index contributed by atoms with van der Waals surface area (Å²) in [6.45, 7) is 8.79. The van der Waals surface area contributed by atoms with Gasteiger partial charge in [-0.05, 0) is 46.6 Å². The van der Waals surface area contributed by atoms with Crippen molar-refractivity contribution >= 4 is 6.09 Å². The SMILES string of the molecule is CC(C)(C)OC(=O)N1CCC2(CNCCC(O)C2)C1. The Labute approximate surface area is 115 Å². The second kappa shape index (κ2) is 5.29. The molecule has 0 radical (unpaired) electrons. The molecule has 0 aromatic carbocycles. The standard InChI is InChI=1S/C14H26N2O3/c1-13(2,3)19-12(18)16-7-5-14(10-16)8-11(17)4-6-15-9-14/h11,15,17H,4-10H2,1-3H3. The van der Waals surface area contributed by atoms with Gasteiger partial charge in [0.25, 0.3) is 0 Å². The maximum Gasteiger partial charge on any atom is 0.410 e. The van der Waals surface area contributed by atoms with Crippen LogP contribution in [0, 0.1) is 5.41 Å². The van der Waals surface area contributed by atoms with Crippen LogP contribution in [-0.2, 0) is 4.74 Å². The van der Waals surface area contributed by atoms with Crippen LogP contribution in [0.25, 0.3) is 0 Å². The first-order valence-corrected chi connectivity index (χ1v) is 7.16. The van der Waals surface area contributed by atoms with E-state index in [-0.39, 0.29) is 17.6 Å². The Morgan fingerprint density at radius 2 is 2.21 bits per heavy atom. The van der Waals surface area contributed by atoms with E-state index in [9.17, 15) is 9.90 Å². The number of nitrogens with zero attached hydrogens (tertiary/aromatic N) is 1. The number of hydrogen-bond donors (Lipinski definition) is 2. The van der Waals surface area contributed by atoms with Gasteiger partial charge in [-0.25, -0.2) is 4.79 Å². The lowest BCUT2D eigenvalue weighted by Gasteiger charge is -2.30. The summed E-state index contributed by atoms with van der Waals surface area (Å²) in [5.41, 5.74) is -0.430. The van der Waals surface area contributed by atoms with Crippen LogP contribution < -0.4 is 5.32 Å². The van der Waals surface area contributed by atoms with Gasteiger partial charge in [-0.2, -0.15) is 0 Å². The molecule has 2 rings (SSSR count). The average molecular weight is 270 g/mol. The minimum absolute atomic E-state index is 0.0207. The molecule has 2 atom stereocenters. The van der Waals surface area contributed by atoms with E-state index in [1.165, 1.54) is 0 Å². The van der Waals surface area contributed by atoms with Gasteiger partial charge < -0.3 is 20.1 Å². The number of aliphatic hydroxyl groups is 1. The molecule has 19 heavy (non-hydrogen) atoms. The molecule has 2 N–H and O–H groups in total. The third kappa shape index (κ3) is 3.83. The van der Waals surface area contributed by atoms with Crippen molar-refractivity contribution in [3.05, 3.63) is 0 Å². The van der Waals surface area contributed by atoms with E-state index < -0.39 is 5.60 Å². The van der Waals surface area contributed by atoms with Crippen LogP contribution in [0.15, 0.2) is 0 Å². The summed E-state index contributed by atoms with van der Waals surface area (Å²) < 4.78 is 5.42. The summed E-state index contributed by atoms with van der Waals surface area (Å²) >= 11 is 0. The molecule has 110 valence electrons. The monoisotopic (exact) mass is 270 g/mol. The Bertz CT molecular complexity index is 340. The van der Waals surface area contributed by atoms with E-state index in [1.54, 1.807) is 4.90 Å². The Balaban J connectivity index is 1.96. The molecule has 5 heteroatoms. The molecule has 0 aliphatic carbocycles. The number of carbonyl (C=O) groups excluding carboxylic acids is 1. The van der Waals surface area contributed by atoms with Crippen molar-refractivity contribution < 1.29 is 14.6 Å². The van der Waals surface area contributed by atoms with E-state index in [0.29, 0.717) is 6.54 Å². The fraction of sp³-hybridized carbons (Fsp3) is 0.929. The summed E-state index contributed by atoms with van der Waals surface area (Å²) in [6.07, 6.45) is 2.03. The predicted octanol–water partition coefficient (Wildman–Crippen LogP) is 1.36. The van der Waals surface area contributed by atoms with E-state index in [1.807, 2.05) is 20.8 Å². The van der Waals surface area contributed by atoms with Gasteiger partial charge >= 0.3 is 6.09 Å². The van der Waals surface area contributed by atoms with Gasteiger partial charge in [0.15, 0.2) is 0 Å². The molecule has 1 amide bonds. The first-order chi connectivity index (χ1) is 8.80. The van der Waals surface area contributed by atoms with Crippen molar-refractivity contribution in [1.82, 2.24) is 10.2 Å². The van der Waals surface area contributed by atoms with Crippen LogP contribution in [0.5, 0.6) is 0 Å². The summed E-state index contributed by atoms with van der Waals surface area (Å²) in [7, 11) is 0. The molecule has 0 bridgehead atoms. The lowest BCUT2D eigenvalue weighted by Crippen LogP contribution is -2.40. The molecule has 0 saturated carbocycles. The van der Waals surface area contributed by atoms with Crippen molar-refractivity contribution in [2.45, 2.75) is 51.7 Å². The van der Waals surface area contributed by atoms with Crippen molar-refractivity contribution in [2.24, 2.45) is 5.41 Å². The highest BCUT2D eigenvalue weighted by Crippen LogP contribution is 2.37. The Morgan fingerprint density at radius 3 is 2.89 bits per heavy atom. The van der Waals surface area contributed by atoms with Gasteiger partial charge in [0.05, 0.1) is 6.10 Å². The first-order valence-electron chi connectivity index (χ1n) is 7.16. The maximum atomic E-state index is 12.1.